The van der Waals surface area contributed by atoms with E-state index in [0.29, 0.717) is 13.0 Å². The van der Waals surface area contributed by atoms with Gasteiger partial charge >= 0.3 is 11.9 Å². The van der Waals surface area contributed by atoms with Crippen molar-refractivity contribution in [3.8, 4) is 0 Å². The van der Waals surface area contributed by atoms with Crippen molar-refractivity contribution in [1.82, 2.24) is 0 Å². The van der Waals surface area contributed by atoms with Crippen LogP contribution < -0.4 is 0 Å². The van der Waals surface area contributed by atoms with Crippen LogP contribution in [0.3, 0.4) is 0 Å². The predicted octanol–water partition coefficient (Wildman–Crippen LogP) is 0.915. The van der Waals surface area contributed by atoms with Gasteiger partial charge in [-0.15, -0.1) is 0 Å². The summed E-state index contributed by atoms with van der Waals surface area (Å²) >= 11 is 0. The monoisotopic (exact) mass is 210 g/mol. The molecule has 0 N–H and O–H groups in total. The summed E-state index contributed by atoms with van der Waals surface area (Å²) in [6, 6.07) is 0. The number of cyclic esters (lactones) is 1. The number of carbonyl (C=O) groups excluding carboxylic acids is 2. The molecule has 0 spiro atoms. The zero-order chi connectivity index (χ0) is 10.8. The first-order valence-corrected chi connectivity index (χ1v) is 5.15. The molecule has 0 aromatic heterocycles. The third-order valence-corrected chi connectivity index (χ3v) is 3.14. The second-order valence-electron chi connectivity index (χ2n) is 3.94. The molecular weight excluding hydrogens is 196 g/mol. The first-order valence-electron chi connectivity index (χ1n) is 5.15. The Labute approximate surface area is 88.2 Å². The van der Waals surface area contributed by atoms with Crippen LogP contribution in [-0.4, -0.2) is 25.7 Å². The van der Waals surface area contributed by atoms with E-state index < -0.39 is 0 Å². The van der Waals surface area contributed by atoms with Crippen LogP contribution in [0.1, 0.15) is 12.8 Å². The smallest absolute Gasteiger partial charge is 0.310 e. The summed E-state index contributed by atoms with van der Waals surface area (Å²) in [5, 5.41) is 0. The summed E-state index contributed by atoms with van der Waals surface area (Å²) in [6.45, 7) is 0.457. The molecule has 82 valence electrons. The Morgan fingerprint density at radius 1 is 1.60 bits per heavy atom. The fraction of sp³-hybridized carbons (Fsp3) is 0.636. The van der Waals surface area contributed by atoms with Crippen LogP contribution in [-0.2, 0) is 19.1 Å². The second-order valence-corrected chi connectivity index (χ2v) is 3.94. The summed E-state index contributed by atoms with van der Waals surface area (Å²) < 4.78 is 9.70. The number of rotatable bonds is 1. The molecule has 1 aliphatic heterocycles. The Morgan fingerprint density at radius 3 is 3.13 bits per heavy atom. The average molecular weight is 210 g/mol. The second kappa shape index (κ2) is 4.04. The average Bonchev–Trinajstić information content (AvgIpc) is 2.28. The van der Waals surface area contributed by atoms with Gasteiger partial charge in [-0.05, 0) is 18.8 Å². The van der Waals surface area contributed by atoms with E-state index in [1.165, 1.54) is 7.11 Å². The van der Waals surface area contributed by atoms with Crippen LogP contribution in [0.15, 0.2) is 12.2 Å². The highest BCUT2D eigenvalue weighted by Crippen LogP contribution is 2.36. The summed E-state index contributed by atoms with van der Waals surface area (Å²) in [5.74, 6) is -1.13. The molecule has 1 saturated heterocycles. The van der Waals surface area contributed by atoms with Gasteiger partial charge in [0.2, 0.25) is 0 Å². The number of carbonyl (C=O) groups is 2. The van der Waals surface area contributed by atoms with Gasteiger partial charge in [-0.2, -0.15) is 0 Å². The lowest BCUT2D eigenvalue weighted by atomic mass is 9.73. The minimum absolute atomic E-state index is 0.143. The number of fused-ring (bicyclic) bond motifs is 1. The molecule has 0 radical (unpaired) electrons. The van der Waals surface area contributed by atoms with Crippen LogP contribution in [0.4, 0.5) is 0 Å². The van der Waals surface area contributed by atoms with E-state index in [1.807, 2.05) is 12.2 Å². The number of hydrogen-bond acceptors (Lipinski definition) is 4. The molecule has 0 unspecified atom stereocenters. The maximum absolute atomic E-state index is 11.6. The molecule has 1 heterocycles. The van der Waals surface area contributed by atoms with E-state index in [1.54, 1.807) is 0 Å². The number of hydrogen-bond donors (Lipinski definition) is 0. The summed E-state index contributed by atoms with van der Waals surface area (Å²) in [6.07, 6.45) is 5.36. The molecular formula is C11H14O4. The quantitative estimate of drug-likeness (QED) is 0.477. The van der Waals surface area contributed by atoms with Crippen molar-refractivity contribution >= 4 is 11.9 Å². The van der Waals surface area contributed by atoms with Crippen LogP contribution in [0.2, 0.25) is 0 Å². The number of esters is 2. The molecule has 0 amide bonds. The van der Waals surface area contributed by atoms with Crippen molar-refractivity contribution in [3.05, 3.63) is 12.2 Å². The third-order valence-electron chi connectivity index (χ3n) is 3.14. The molecule has 3 atom stereocenters. The Morgan fingerprint density at radius 2 is 2.40 bits per heavy atom. The zero-order valence-electron chi connectivity index (χ0n) is 8.64. The first-order chi connectivity index (χ1) is 7.24. The van der Waals surface area contributed by atoms with E-state index >= 15 is 0 Å². The lowest BCUT2D eigenvalue weighted by Crippen LogP contribution is -2.41. The molecule has 2 rings (SSSR count). The first kappa shape index (κ1) is 10.2. The van der Waals surface area contributed by atoms with E-state index in [9.17, 15) is 9.59 Å². The van der Waals surface area contributed by atoms with E-state index in [4.69, 9.17) is 9.47 Å². The van der Waals surface area contributed by atoms with Gasteiger partial charge in [0.15, 0.2) is 0 Å². The Bertz CT molecular complexity index is 308. The van der Waals surface area contributed by atoms with Gasteiger partial charge in [0.05, 0.1) is 25.6 Å². The molecule has 1 fully saturated rings. The molecule has 2 aliphatic rings. The van der Waals surface area contributed by atoms with Crippen molar-refractivity contribution in [2.24, 2.45) is 17.8 Å². The Balaban J connectivity index is 2.22. The highest BCUT2D eigenvalue weighted by atomic mass is 16.5. The van der Waals surface area contributed by atoms with Gasteiger partial charge in [0.25, 0.3) is 0 Å². The molecule has 1 aliphatic carbocycles. The number of allylic oxidation sites excluding steroid dienone is 2. The third kappa shape index (κ3) is 1.76. The topological polar surface area (TPSA) is 52.6 Å². The van der Waals surface area contributed by atoms with Crippen LogP contribution in [0, 0.1) is 17.8 Å². The lowest BCUT2D eigenvalue weighted by Gasteiger charge is -2.34. The minimum atomic E-state index is -0.363. The molecule has 0 aromatic rings. The van der Waals surface area contributed by atoms with E-state index in [0.717, 1.165) is 6.42 Å². The van der Waals surface area contributed by atoms with Crippen molar-refractivity contribution in [2.75, 3.05) is 13.7 Å². The number of ether oxygens (including phenoxy) is 2. The summed E-state index contributed by atoms with van der Waals surface area (Å²) in [5.41, 5.74) is 0. The van der Waals surface area contributed by atoms with Gasteiger partial charge in [-0.3, -0.25) is 9.59 Å². The Kier molecular flexibility index (Phi) is 2.75. The van der Waals surface area contributed by atoms with Gasteiger partial charge in [-0.25, -0.2) is 0 Å². The van der Waals surface area contributed by atoms with Crippen molar-refractivity contribution in [3.63, 3.8) is 0 Å². The largest absolute Gasteiger partial charge is 0.469 e. The van der Waals surface area contributed by atoms with Gasteiger partial charge in [0.1, 0.15) is 0 Å². The lowest BCUT2D eigenvalue weighted by molar-refractivity contribution is -0.166. The van der Waals surface area contributed by atoms with Gasteiger partial charge in [-0.1, -0.05) is 12.2 Å². The minimum Gasteiger partial charge on any atom is -0.469 e. The summed E-state index contributed by atoms with van der Waals surface area (Å²) in [7, 11) is 1.35. The fourth-order valence-electron chi connectivity index (χ4n) is 2.37. The van der Waals surface area contributed by atoms with Crippen LogP contribution in [0.25, 0.3) is 0 Å². The highest BCUT2D eigenvalue weighted by molar-refractivity contribution is 5.83. The summed E-state index contributed by atoms with van der Waals surface area (Å²) in [4.78, 5) is 23.1. The van der Waals surface area contributed by atoms with Crippen LogP contribution in [0.5, 0.6) is 0 Å². The Hall–Kier alpha value is -1.32. The zero-order valence-corrected chi connectivity index (χ0v) is 8.64. The fourth-order valence-corrected chi connectivity index (χ4v) is 2.37. The molecule has 4 heteroatoms. The van der Waals surface area contributed by atoms with Crippen molar-refractivity contribution < 1.29 is 19.1 Å². The van der Waals surface area contributed by atoms with Crippen molar-refractivity contribution in [2.45, 2.75) is 12.8 Å². The predicted molar refractivity (Wildman–Crippen MR) is 51.8 cm³/mol. The normalized spacial score (nSPS) is 34.2. The van der Waals surface area contributed by atoms with E-state index in [-0.39, 0.29) is 29.7 Å². The highest BCUT2D eigenvalue weighted by Gasteiger charge is 2.43. The molecule has 0 saturated carbocycles. The molecule has 4 nitrogen and oxygen atoms in total. The van der Waals surface area contributed by atoms with Crippen LogP contribution >= 0.6 is 0 Å². The van der Waals surface area contributed by atoms with Gasteiger partial charge in [0, 0.05) is 0 Å². The SMILES string of the molecule is COC(=O)[C@@H]1CC=C[C@@H]2CCOC(=O)[C@H]21. The molecule has 15 heavy (non-hydrogen) atoms. The molecule has 0 bridgehead atoms. The number of methoxy groups -OCH3 is 1. The van der Waals surface area contributed by atoms with Crippen molar-refractivity contribution in [1.29, 1.82) is 0 Å². The maximum Gasteiger partial charge on any atom is 0.310 e. The standard InChI is InChI=1S/C11H14O4/c1-14-10(12)8-4-2-3-7-5-6-15-11(13)9(7)8/h2-3,7-9H,4-6H2,1H3/t7-,8-,9-/m1/s1. The van der Waals surface area contributed by atoms with E-state index in [2.05, 4.69) is 0 Å². The maximum atomic E-state index is 11.6. The van der Waals surface area contributed by atoms with Gasteiger partial charge < -0.3 is 9.47 Å². The molecule has 0 aromatic carbocycles.